The van der Waals surface area contributed by atoms with Crippen molar-refractivity contribution in [1.82, 2.24) is 5.32 Å². The van der Waals surface area contributed by atoms with Crippen molar-refractivity contribution in [2.45, 2.75) is 38.5 Å². The van der Waals surface area contributed by atoms with Crippen molar-refractivity contribution in [1.29, 1.82) is 0 Å². The fraction of sp³-hybridized carbons (Fsp3) is 0.571. The van der Waals surface area contributed by atoms with Gasteiger partial charge in [0.2, 0.25) is 0 Å². The Morgan fingerprint density at radius 1 is 1.30 bits per heavy atom. The lowest BCUT2D eigenvalue weighted by Gasteiger charge is -2.36. The SMILES string of the molecule is O=C(O)CC1(CNC(=O)c2ccc(Br)s2)CCCCC1. The number of halogens is 1. The van der Waals surface area contributed by atoms with Gasteiger partial charge >= 0.3 is 5.97 Å². The standard InChI is InChI=1S/C14H18BrNO3S/c15-11-5-4-10(20-11)13(19)16-9-14(8-12(17)18)6-2-1-3-7-14/h4-5H,1-3,6-9H2,(H,16,19)(H,17,18). The van der Waals surface area contributed by atoms with Gasteiger partial charge in [0.15, 0.2) is 0 Å². The Morgan fingerprint density at radius 2 is 2.00 bits per heavy atom. The van der Waals surface area contributed by atoms with Crippen molar-refractivity contribution < 1.29 is 14.7 Å². The summed E-state index contributed by atoms with van der Waals surface area (Å²) >= 11 is 4.72. The maximum absolute atomic E-state index is 12.1. The van der Waals surface area contributed by atoms with Crippen LogP contribution in [0.1, 0.15) is 48.2 Å². The molecule has 1 aliphatic carbocycles. The van der Waals surface area contributed by atoms with Crippen molar-refractivity contribution in [2.24, 2.45) is 5.41 Å². The summed E-state index contributed by atoms with van der Waals surface area (Å²) in [6.45, 7) is 0.452. The zero-order valence-corrected chi connectivity index (χ0v) is 13.6. The quantitative estimate of drug-likeness (QED) is 0.842. The summed E-state index contributed by atoms with van der Waals surface area (Å²) < 4.78 is 0.917. The summed E-state index contributed by atoms with van der Waals surface area (Å²) in [6.07, 6.45) is 5.16. The zero-order valence-electron chi connectivity index (χ0n) is 11.2. The van der Waals surface area contributed by atoms with Gasteiger partial charge in [0, 0.05) is 6.54 Å². The monoisotopic (exact) mass is 359 g/mol. The van der Waals surface area contributed by atoms with Crippen molar-refractivity contribution in [3.63, 3.8) is 0 Å². The Hall–Kier alpha value is -0.880. The fourth-order valence-electron chi connectivity index (χ4n) is 2.83. The molecule has 0 spiro atoms. The van der Waals surface area contributed by atoms with E-state index < -0.39 is 5.97 Å². The fourth-order valence-corrected chi connectivity index (χ4v) is 4.13. The molecule has 2 N–H and O–H groups in total. The van der Waals surface area contributed by atoms with E-state index in [2.05, 4.69) is 21.2 Å². The van der Waals surface area contributed by atoms with E-state index in [1.54, 1.807) is 6.07 Å². The first kappa shape index (κ1) is 15.5. The Morgan fingerprint density at radius 3 is 2.55 bits per heavy atom. The average molecular weight is 360 g/mol. The molecule has 6 heteroatoms. The molecule has 110 valence electrons. The smallest absolute Gasteiger partial charge is 0.303 e. The molecule has 1 saturated carbocycles. The summed E-state index contributed by atoms with van der Waals surface area (Å²) in [5.74, 6) is -0.893. The molecule has 0 bridgehead atoms. The number of hydrogen-bond donors (Lipinski definition) is 2. The minimum atomic E-state index is -0.778. The largest absolute Gasteiger partial charge is 0.481 e. The highest BCUT2D eigenvalue weighted by Crippen LogP contribution is 2.38. The van der Waals surface area contributed by atoms with Gasteiger partial charge in [0.1, 0.15) is 0 Å². The lowest BCUT2D eigenvalue weighted by molar-refractivity contribution is -0.140. The maximum atomic E-state index is 12.1. The molecule has 2 rings (SSSR count). The second-order valence-corrected chi connectivity index (χ2v) is 7.88. The molecule has 1 aliphatic rings. The maximum Gasteiger partial charge on any atom is 0.303 e. The number of amides is 1. The van der Waals surface area contributed by atoms with E-state index in [-0.39, 0.29) is 17.7 Å². The van der Waals surface area contributed by atoms with Crippen LogP contribution in [-0.4, -0.2) is 23.5 Å². The van der Waals surface area contributed by atoms with E-state index in [1.807, 2.05) is 6.07 Å². The summed E-state index contributed by atoms with van der Waals surface area (Å²) in [6, 6.07) is 3.61. The molecule has 0 aliphatic heterocycles. The summed E-state index contributed by atoms with van der Waals surface area (Å²) in [5.41, 5.74) is -0.270. The number of carboxylic acid groups (broad SMARTS) is 1. The lowest BCUT2D eigenvalue weighted by Crippen LogP contribution is -2.40. The Kier molecular flexibility index (Phi) is 5.21. The van der Waals surface area contributed by atoms with E-state index in [0.29, 0.717) is 11.4 Å². The minimum absolute atomic E-state index is 0.115. The highest BCUT2D eigenvalue weighted by molar-refractivity contribution is 9.11. The molecule has 20 heavy (non-hydrogen) atoms. The van der Waals surface area contributed by atoms with Gasteiger partial charge in [-0.25, -0.2) is 0 Å². The molecule has 0 aromatic carbocycles. The van der Waals surface area contributed by atoms with Gasteiger partial charge in [-0.05, 0) is 46.3 Å². The number of carbonyl (C=O) groups excluding carboxylic acids is 1. The number of rotatable bonds is 5. The topological polar surface area (TPSA) is 66.4 Å². The van der Waals surface area contributed by atoms with Crippen molar-refractivity contribution in [2.75, 3.05) is 6.54 Å². The molecule has 1 amide bonds. The average Bonchev–Trinajstić information content (AvgIpc) is 2.83. The predicted molar refractivity (Wildman–Crippen MR) is 82.1 cm³/mol. The first-order valence-corrected chi connectivity index (χ1v) is 8.37. The number of carbonyl (C=O) groups is 2. The van der Waals surface area contributed by atoms with Crippen LogP contribution in [0.3, 0.4) is 0 Å². The van der Waals surface area contributed by atoms with Crippen LogP contribution in [-0.2, 0) is 4.79 Å². The van der Waals surface area contributed by atoms with Crippen molar-refractivity contribution in [3.05, 3.63) is 20.8 Å². The normalized spacial score (nSPS) is 17.6. The molecule has 0 saturated heterocycles. The van der Waals surface area contributed by atoms with E-state index in [9.17, 15) is 9.59 Å². The molecule has 4 nitrogen and oxygen atoms in total. The first-order chi connectivity index (χ1) is 9.51. The zero-order chi connectivity index (χ0) is 14.6. The molecular weight excluding hydrogens is 342 g/mol. The third-order valence-electron chi connectivity index (χ3n) is 3.86. The number of nitrogens with one attached hydrogen (secondary N) is 1. The Labute approximate surface area is 130 Å². The number of aliphatic carboxylic acids is 1. The van der Waals surface area contributed by atoms with Crippen LogP contribution in [0.2, 0.25) is 0 Å². The number of thiophene rings is 1. The summed E-state index contributed by atoms with van der Waals surface area (Å²) in [5, 5.41) is 12.0. The second-order valence-electron chi connectivity index (χ2n) is 5.42. The molecule has 0 radical (unpaired) electrons. The highest BCUT2D eigenvalue weighted by atomic mass is 79.9. The third-order valence-corrected chi connectivity index (χ3v) is 5.48. The molecule has 0 atom stereocenters. The highest BCUT2D eigenvalue weighted by Gasteiger charge is 2.34. The molecule has 1 aromatic heterocycles. The van der Waals surface area contributed by atoms with Gasteiger partial charge in [-0.15, -0.1) is 11.3 Å². The second kappa shape index (κ2) is 6.72. The van der Waals surface area contributed by atoms with Crippen LogP contribution in [0.15, 0.2) is 15.9 Å². The Balaban J connectivity index is 1.97. The van der Waals surface area contributed by atoms with Crippen LogP contribution in [0.4, 0.5) is 0 Å². The van der Waals surface area contributed by atoms with Crippen LogP contribution >= 0.6 is 27.3 Å². The predicted octanol–water partition coefficient (Wildman–Crippen LogP) is 3.67. The van der Waals surface area contributed by atoms with E-state index in [0.717, 1.165) is 35.9 Å². The van der Waals surface area contributed by atoms with Gasteiger partial charge in [0.05, 0.1) is 15.1 Å². The molecule has 1 fully saturated rings. The van der Waals surface area contributed by atoms with Gasteiger partial charge in [-0.2, -0.15) is 0 Å². The van der Waals surface area contributed by atoms with Crippen molar-refractivity contribution >= 4 is 39.1 Å². The van der Waals surface area contributed by atoms with Gasteiger partial charge < -0.3 is 10.4 Å². The molecule has 1 heterocycles. The molecule has 0 unspecified atom stereocenters. The number of carboxylic acids is 1. The first-order valence-electron chi connectivity index (χ1n) is 6.76. The molecule has 1 aromatic rings. The minimum Gasteiger partial charge on any atom is -0.481 e. The van der Waals surface area contributed by atoms with E-state index in [1.165, 1.54) is 11.3 Å². The summed E-state index contributed by atoms with van der Waals surface area (Å²) in [7, 11) is 0. The van der Waals surface area contributed by atoms with E-state index in [4.69, 9.17) is 5.11 Å². The Bertz CT molecular complexity index is 494. The van der Waals surface area contributed by atoms with Crippen LogP contribution in [0.25, 0.3) is 0 Å². The lowest BCUT2D eigenvalue weighted by atomic mass is 9.71. The van der Waals surface area contributed by atoms with Gasteiger partial charge in [-0.1, -0.05) is 19.3 Å². The van der Waals surface area contributed by atoms with Gasteiger partial charge in [0.25, 0.3) is 5.91 Å². The van der Waals surface area contributed by atoms with E-state index >= 15 is 0 Å². The van der Waals surface area contributed by atoms with Crippen LogP contribution < -0.4 is 5.32 Å². The van der Waals surface area contributed by atoms with Crippen LogP contribution in [0.5, 0.6) is 0 Å². The van der Waals surface area contributed by atoms with Crippen LogP contribution in [0, 0.1) is 5.41 Å². The molecular formula is C14H18BrNO3S. The van der Waals surface area contributed by atoms with Crippen molar-refractivity contribution in [3.8, 4) is 0 Å². The van der Waals surface area contributed by atoms with Gasteiger partial charge in [-0.3, -0.25) is 9.59 Å². The third kappa shape index (κ3) is 4.06. The summed E-state index contributed by atoms with van der Waals surface area (Å²) in [4.78, 5) is 23.8. The number of hydrogen-bond acceptors (Lipinski definition) is 3.